The van der Waals surface area contributed by atoms with Crippen molar-refractivity contribution in [3.05, 3.63) is 27.4 Å². The maximum absolute atomic E-state index is 13.1. The Balaban J connectivity index is 0.000000557. The van der Waals surface area contributed by atoms with Gasteiger partial charge in [-0.15, -0.1) is 0 Å². The molecule has 0 fully saturated rings. The minimum atomic E-state index is -0.552. The molecule has 96 valence electrons. The van der Waals surface area contributed by atoms with Crippen LogP contribution in [0.4, 0.5) is 10.1 Å². The lowest BCUT2D eigenvalue weighted by molar-refractivity contribution is -0.114. The molecule has 0 aromatic heterocycles. The zero-order valence-corrected chi connectivity index (χ0v) is 12.5. The van der Waals surface area contributed by atoms with Crippen LogP contribution in [0.5, 0.6) is 0 Å². The molecule has 0 radical (unpaired) electrons. The Bertz CT molecular complexity index is 383. The highest BCUT2D eigenvalue weighted by Gasteiger charge is 2.07. The Morgan fingerprint density at radius 1 is 1.41 bits per heavy atom. The Morgan fingerprint density at radius 2 is 1.94 bits per heavy atom. The van der Waals surface area contributed by atoms with Crippen LogP contribution in [0.3, 0.4) is 0 Å². The van der Waals surface area contributed by atoms with Gasteiger partial charge in [0.15, 0.2) is 0 Å². The molecule has 2 nitrogen and oxygen atoms in total. The van der Waals surface area contributed by atoms with Gasteiger partial charge < -0.3 is 5.32 Å². The van der Waals surface area contributed by atoms with Crippen LogP contribution in [-0.4, -0.2) is 5.91 Å². The molecule has 1 rings (SSSR count). The number of rotatable bonds is 2. The summed E-state index contributed by atoms with van der Waals surface area (Å²) in [5, 5.41) is 2.61. The van der Waals surface area contributed by atoms with Crippen molar-refractivity contribution in [2.24, 2.45) is 0 Å². The van der Waals surface area contributed by atoms with E-state index in [4.69, 9.17) is 11.6 Å². The van der Waals surface area contributed by atoms with Crippen LogP contribution in [0.1, 0.15) is 33.6 Å². The first-order chi connectivity index (χ1) is 7.92. The van der Waals surface area contributed by atoms with Crippen LogP contribution < -0.4 is 5.32 Å². The maximum atomic E-state index is 13.1. The first kappa shape index (κ1) is 16.4. The molecule has 0 aliphatic rings. The summed E-state index contributed by atoms with van der Waals surface area (Å²) in [4.78, 5) is 10.6. The number of carbonyl (C=O) groups excluding carboxylic acids is 1. The average Bonchev–Trinajstić information content (AvgIpc) is 2.25. The number of halogens is 3. The predicted molar refractivity (Wildman–Crippen MR) is 74.0 cm³/mol. The van der Waals surface area contributed by atoms with E-state index < -0.39 is 5.82 Å². The third-order valence-corrected chi connectivity index (χ3v) is 3.02. The van der Waals surface area contributed by atoms with E-state index >= 15 is 0 Å². The summed E-state index contributed by atoms with van der Waals surface area (Å²) in [6.07, 6.45) is 2.64. The average molecular weight is 325 g/mol. The van der Waals surface area contributed by atoms with Crippen LogP contribution in [0.25, 0.3) is 0 Å². The van der Waals surface area contributed by atoms with E-state index in [1.54, 1.807) is 0 Å². The van der Waals surface area contributed by atoms with Gasteiger partial charge in [0, 0.05) is 11.4 Å². The fourth-order valence-electron chi connectivity index (χ4n) is 0.808. The number of nitrogens with one attached hydrogen (secondary N) is 1. The molecule has 0 saturated carbocycles. The van der Waals surface area contributed by atoms with Crippen LogP contribution in [0.2, 0.25) is 5.02 Å². The van der Waals surface area contributed by atoms with Crippen molar-refractivity contribution < 1.29 is 9.18 Å². The molecule has 1 amide bonds. The van der Waals surface area contributed by atoms with Gasteiger partial charge in [-0.1, -0.05) is 38.3 Å². The Labute approximate surface area is 115 Å². The lowest BCUT2D eigenvalue weighted by atomic mass is 10.3. The van der Waals surface area contributed by atoms with E-state index in [1.807, 2.05) is 0 Å². The fourth-order valence-corrected chi connectivity index (χ4v) is 1.30. The Morgan fingerprint density at radius 3 is 2.35 bits per heavy atom. The molecule has 17 heavy (non-hydrogen) atoms. The first-order valence-electron chi connectivity index (χ1n) is 5.34. The van der Waals surface area contributed by atoms with Crippen molar-refractivity contribution in [2.45, 2.75) is 33.6 Å². The number of amides is 1. The van der Waals surface area contributed by atoms with Gasteiger partial charge >= 0.3 is 0 Å². The van der Waals surface area contributed by atoms with Crippen LogP contribution in [0.15, 0.2) is 16.6 Å². The summed E-state index contributed by atoms with van der Waals surface area (Å²) in [5.41, 5.74) is 0.115. The van der Waals surface area contributed by atoms with Gasteiger partial charge in [0.2, 0.25) is 5.91 Å². The molecule has 1 N–H and O–H groups in total. The van der Waals surface area contributed by atoms with E-state index in [9.17, 15) is 9.18 Å². The Hall–Kier alpha value is -0.610. The van der Waals surface area contributed by atoms with Crippen molar-refractivity contribution in [2.75, 3.05) is 5.32 Å². The number of hydrogen-bond acceptors (Lipinski definition) is 1. The van der Waals surface area contributed by atoms with Crippen LogP contribution >= 0.6 is 27.5 Å². The summed E-state index contributed by atoms with van der Waals surface area (Å²) >= 11 is 8.74. The number of benzene rings is 1. The van der Waals surface area contributed by atoms with Gasteiger partial charge in [0.25, 0.3) is 0 Å². The van der Waals surface area contributed by atoms with Gasteiger partial charge in [0.05, 0.1) is 10.7 Å². The summed E-state index contributed by atoms with van der Waals surface area (Å²) < 4.78 is 13.6. The fraction of sp³-hybridized carbons (Fsp3) is 0.417. The normalized spacial score (nSPS) is 9.29. The molecular formula is C12H16BrClFNO. The number of unbranched alkanes of at least 4 members (excludes halogenated alkanes) is 1. The van der Waals surface area contributed by atoms with E-state index in [0.29, 0.717) is 4.47 Å². The molecule has 0 aliphatic heterocycles. The highest BCUT2D eigenvalue weighted by atomic mass is 79.9. The van der Waals surface area contributed by atoms with Gasteiger partial charge in [-0.25, -0.2) is 4.39 Å². The highest BCUT2D eigenvalue weighted by molar-refractivity contribution is 9.10. The van der Waals surface area contributed by atoms with Crippen molar-refractivity contribution in [3.8, 4) is 0 Å². The van der Waals surface area contributed by atoms with Crippen LogP contribution in [0, 0.1) is 5.82 Å². The zero-order valence-electron chi connectivity index (χ0n) is 10.1. The topological polar surface area (TPSA) is 29.1 Å². The largest absolute Gasteiger partial charge is 0.324 e. The smallest absolute Gasteiger partial charge is 0.221 e. The second-order valence-electron chi connectivity index (χ2n) is 3.43. The maximum Gasteiger partial charge on any atom is 0.221 e. The molecule has 0 bridgehead atoms. The molecule has 0 saturated heterocycles. The second-order valence-corrected chi connectivity index (χ2v) is 4.69. The van der Waals surface area contributed by atoms with E-state index in [0.717, 1.165) is 6.07 Å². The Kier molecular flexibility index (Phi) is 8.17. The molecular weight excluding hydrogens is 308 g/mol. The molecule has 0 spiro atoms. The van der Waals surface area contributed by atoms with E-state index in [1.165, 1.54) is 25.8 Å². The van der Waals surface area contributed by atoms with Crippen LogP contribution in [-0.2, 0) is 4.79 Å². The lowest BCUT2D eigenvalue weighted by Crippen LogP contribution is -2.07. The molecule has 0 unspecified atom stereocenters. The summed E-state index contributed by atoms with van der Waals surface area (Å²) in [7, 11) is 0. The quantitative estimate of drug-likeness (QED) is 0.762. The first-order valence-corrected chi connectivity index (χ1v) is 6.51. The molecule has 0 heterocycles. The third-order valence-electron chi connectivity index (χ3n) is 1.82. The minimum absolute atomic E-state index is 0.115. The second kappa shape index (κ2) is 8.48. The molecule has 1 aromatic carbocycles. The molecule has 0 atom stereocenters. The van der Waals surface area contributed by atoms with E-state index in [-0.39, 0.29) is 16.6 Å². The number of hydrogen-bond donors (Lipinski definition) is 1. The van der Waals surface area contributed by atoms with Crippen molar-refractivity contribution in [1.29, 1.82) is 0 Å². The molecule has 0 aliphatic carbocycles. The van der Waals surface area contributed by atoms with Gasteiger partial charge in [-0.2, -0.15) is 0 Å². The monoisotopic (exact) mass is 323 g/mol. The van der Waals surface area contributed by atoms with Crippen molar-refractivity contribution in [3.63, 3.8) is 0 Å². The van der Waals surface area contributed by atoms with Gasteiger partial charge in [-0.3, -0.25) is 4.79 Å². The zero-order chi connectivity index (χ0) is 13.4. The standard InChI is InChI=1S/C8H6BrClFNO.C4H10/c1-4(13)12-8-2-5(9)6(10)3-7(8)11;1-3-4-2/h2-3H,1H3,(H,12,13);3-4H2,1-2H3. The van der Waals surface area contributed by atoms with Crippen molar-refractivity contribution >= 4 is 39.1 Å². The number of anilines is 1. The molecule has 5 heteroatoms. The van der Waals surface area contributed by atoms with Gasteiger partial charge in [-0.05, 0) is 28.1 Å². The summed E-state index contributed by atoms with van der Waals surface area (Å²) in [6.45, 7) is 5.67. The third kappa shape index (κ3) is 6.64. The summed E-state index contributed by atoms with van der Waals surface area (Å²) in [5.74, 6) is -0.878. The van der Waals surface area contributed by atoms with Crippen molar-refractivity contribution in [1.82, 2.24) is 0 Å². The van der Waals surface area contributed by atoms with E-state index in [2.05, 4.69) is 35.1 Å². The molecule has 1 aromatic rings. The summed E-state index contributed by atoms with van der Waals surface area (Å²) in [6, 6.07) is 2.55. The number of carbonyl (C=O) groups is 1. The lowest BCUT2D eigenvalue weighted by Gasteiger charge is -2.05. The van der Waals surface area contributed by atoms with Gasteiger partial charge in [0.1, 0.15) is 5.82 Å². The predicted octanol–water partition coefficient (Wildman–Crippen LogP) is 5.01. The minimum Gasteiger partial charge on any atom is -0.324 e. The SMILES string of the molecule is CC(=O)Nc1cc(Br)c(Cl)cc1F.CCCC. The highest BCUT2D eigenvalue weighted by Crippen LogP contribution is 2.28.